The predicted octanol–water partition coefficient (Wildman–Crippen LogP) is 5.23. The van der Waals surface area contributed by atoms with Gasteiger partial charge >= 0.3 is 0 Å². The standard InChI is InChI=1S/C22H20BrFN2O3/c1-28-21-5-3-2-4-19(21)26-22(27)14-29-20-11-6-15(12-18(20)23)13-25-17-9-7-16(24)8-10-17/h2-12,25H,13-14H2,1H3,(H,26,27). The molecule has 0 aliphatic heterocycles. The molecule has 0 spiro atoms. The summed E-state index contributed by atoms with van der Waals surface area (Å²) in [6.45, 7) is 0.433. The Balaban J connectivity index is 1.53. The van der Waals surface area contributed by atoms with Gasteiger partial charge in [-0.05, 0) is 70.0 Å². The van der Waals surface area contributed by atoms with Crippen LogP contribution in [0.1, 0.15) is 5.56 Å². The summed E-state index contributed by atoms with van der Waals surface area (Å²) in [5, 5.41) is 5.98. The Hall–Kier alpha value is -3.06. The van der Waals surface area contributed by atoms with Crippen molar-refractivity contribution in [1.29, 1.82) is 0 Å². The van der Waals surface area contributed by atoms with Crippen molar-refractivity contribution in [2.24, 2.45) is 0 Å². The summed E-state index contributed by atoms with van der Waals surface area (Å²) in [5.41, 5.74) is 2.42. The van der Waals surface area contributed by atoms with E-state index in [1.807, 2.05) is 24.3 Å². The fraction of sp³-hybridized carbons (Fsp3) is 0.136. The zero-order valence-electron chi connectivity index (χ0n) is 15.7. The quantitative estimate of drug-likeness (QED) is 0.485. The average Bonchev–Trinajstić information content (AvgIpc) is 2.73. The van der Waals surface area contributed by atoms with E-state index in [-0.39, 0.29) is 18.3 Å². The molecule has 0 aliphatic carbocycles. The van der Waals surface area contributed by atoms with E-state index in [0.717, 1.165) is 15.7 Å². The van der Waals surface area contributed by atoms with Crippen molar-refractivity contribution in [2.75, 3.05) is 24.4 Å². The first-order valence-corrected chi connectivity index (χ1v) is 9.68. The van der Waals surface area contributed by atoms with Gasteiger partial charge in [0.25, 0.3) is 5.91 Å². The zero-order chi connectivity index (χ0) is 20.6. The number of para-hydroxylation sites is 2. The number of amides is 1. The zero-order valence-corrected chi connectivity index (χ0v) is 17.3. The molecule has 29 heavy (non-hydrogen) atoms. The number of carbonyl (C=O) groups excluding carboxylic acids is 1. The predicted molar refractivity (Wildman–Crippen MR) is 115 cm³/mol. The molecule has 0 aliphatic rings. The maximum Gasteiger partial charge on any atom is 0.262 e. The maximum atomic E-state index is 13.0. The number of anilines is 2. The smallest absolute Gasteiger partial charge is 0.262 e. The Morgan fingerprint density at radius 2 is 1.79 bits per heavy atom. The summed E-state index contributed by atoms with van der Waals surface area (Å²) in [6, 6.07) is 19.0. The van der Waals surface area contributed by atoms with Gasteiger partial charge in [-0.25, -0.2) is 4.39 Å². The largest absolute Gasteiger partial charge is 0.495 e. The molecule has 5 nitrogen and oxygen atoms in total. The topological polar surface area (TPSA) is 59.6 Å². The lowest BCUT2D eigenvalue weighted by Gasteiger charge is -2.12. The van der Waals surface area contributed by atoms with Crippen molar-refractivity contribution >= 4 is 33.2 Å². The fourth-order valence-corrected chi connectivity index (χ4v) is 3.16. The molecule has 3 aromatic carbocycles. The summed E-state index contributed by atoms with van der Waals surface area (Å²) in [5.74, 6) is 0.587. The van der Waals surface area contributed by atoms with Gasteiger partial charge in [-0.3, -0.25) is 4.79 Å². The Kier molecular flexibility index (Phi) is 7.08. The highest BCUT2D eigenvalue weighted by Crippen LogP contribution is 2.27. The van der Waals surface area contributed by atoms with Gasteiger partial charge in [0.15, 0.2) is 6.61 Å². The molecule has 0 bridgehead atoms. The lowest BCUT2D eigenvalue weighted by Crippen LogP contribution is -2.20. The summed E-state index contributed by atoms with van der Waals surface area (Å²) in [7, 11) is 1.55. The molecule has 2 N–H and O–H groups in total. The Labute approximate surface area is 177 Å². The molecule has 0 unspecified atom stereocenters. The molecule has 3 rings (SSSR count). The number of nitrogens with one attached hydrogen (secondary N) is 2. The lowest BCUT2D eigenvalue weighted by molar-refractivity contribution is -0.118. The number of hydrogen-bond donors (Lipinski definition) is 2. The van der Waals surface area contributed by atoms with E-state index in [0.29, 0.717) is 23.7 Å². The Morgan fingerprint density at radius 3 is 2.52 bits per heavy atom. The van der Waals surface area contributed by atoms with Gasteiger partial charge in [0.05, 0.1) is 17.3 Å². The van der Waals surface area contributed by atoms with Crippen LogP contribution in [-0.2, 0) is 11.3 Å². The molecule has 0 heterocycles. The third-order valence-electron chi connectivity index (χ3n) is 4.08. The first-order chi connectivity index (χ1) is 14.0. The van der Waals surface area contributed by atoms with Crippen LogP contribution in [0.25, 0.3) is 0 Å². The number of methoxy groups -OCH3 is 1. The van der Waals surface area contributed by atoms with Gasteiger partial charge in [-0.2, -0.15) is 0 Å². The Bertz CT molecular complexity index is 980. The second-order valence-corrected chi connectivity index (χ2v) is 7.02. The SMILES string of the molecule is COc1ccccc1NC(=O)COc1ccc(CNc2ccc(F)cc2)cc1Br. The molecule has 7 heteroatoms. The average molecular weight is 459 g/mol. The van der Waals surface area contributed by atoms with Gasteiger partial charge in [0.1, 0.15) is 17.3 Å². The lowest BCUT2D eigenvalue weighted by atomic mass is 10.2. The summed E-state index contributed by atoms with van der Waals surface area (Å²) in [4.78, 5) is 12.2. The molecule has 150 valence electrons. The van der Waals surface area contributed by atoms with Crippen LogP contribution in [0.4, 0.5) is 15.8 Å². The third-order valence-corrected chi connectivity index (χ3v) is 4.70. The number of hydrogen-bond acceptors (Lipinski definition) is 4. The normalized spacial score (nSPS) is 10.3. The van der Waals surface area contributed by atoms with Crippen LogP contribution in [-0.4, -0.2) is 19.6 Å². The van der Waals surface area contributed by atoms with Crippen LogP contribution in [0.15, 0.2) is 71.2 Å². The van der Waals surface area contributed by atoms with Crippen LogP contribution in [0, 0.1) is 5.82 Å². The van der Waals surface area contributed by atoms with Crippen molar-refractivity contribution in [1.82, 2.24) is 0 Å². The van der Waals surface area contributed by atoms with Crippen molar-refractivity contribution in [3.05, 3.63) is 82.6 Å². The number of halogens is 2. The van der Waals surface area contributed by atoms with Crippen molar-refractivity contribution in [3.8, 4) is 11.5 Å². The first-order valence-electron chi connectivity index (χ1n) is 8.88. The number of ether oxygens (including phenoxy) is 2. The Morgan fingerprint density at radius 1 is 1.03 bits per heavy atom. The maximum absolute atomic E-state index is 13.0. The van der Waals surface area contributed by atoms with E-state index in [1.165, 1.54) is 12.1 Å². The molecule has 3 aromatic rings. The van der Waals surface area contributed by atoms with Crippen LogP contribution in [0.5, 0.6) is 11.5 Å². The summed E-state index contributed by atoms with van der Waals surface area (Å²) < 4.78 is 24.5. The number of carbonyl (C=O) groups is 1. The van der Waals surface area contributed by atoms with Crippen LogP contribution >= 0.6 is 15.9 Å². The van der Waals surface area contributed by atoms with E-state index in [1.54, 1.807) is 37.4 Å². The van der Waals surface area contributed by atoms with E-state index < -0.39 is 0 Å². The fourth-order valence-electron chi connectivity index (χ4n) is 2.62. The van der Waals surface area contributed by atoms with E-state index in [2.05, 4.69) is 26.6 Å². The number of rotatable bonds is 8. The molecule has 0 atom stereocenters. The monoisotopic (exact) mass is 458 g/mol. The van der Waals surface area contributed by atoms with Gasteiger partial charge in [-0.15, -0.1) is 0 Å². The van der Waals surface area contributed by atoms with Crippen molar-refractivity contribution in [2.45, 2.75) is 6.54 Å². The van der Waals surface area contributed by atoms with Crippen LogP contribution < -0.4 is 20.1 Å². The van der Waals surface area contributed by atoms with Crippen molar-refractivity contribution in [3.63, 3.8) is 0 Å². The molecule has 1 amide bonds. The molecule has 0 aromatic heterocycles. The minimum atomic E-state index is -0.288. The molecule has 0 fully saturated rings. The summed E-state index contributed by atoms with van der Waals surface area (Å²) in [6.07, 6.45) is 0. The molecular weight excluding hydrogens is 439 g/mol. The highest BCUT2D eigenvalue weighted by atomic mass is 79.9. The van der Waals surface area contributed by atoms with Gasteiger partial charge < -0.3 is 20.1 Å². The summed E-state index contributed by atoms with van der Waals surface area (Å²) >= 11 is 3.47. The number of benzene rings is 3. The molecule has 0 saturated heterocycles. The third kappa shape index (κ3) is 5.96. The highest BCUT2D eigenvalue weighted by molar-refractivity contribution is 9.10. The van der Waals surface area contributed by atoms with Gasteiger partial charge in [0, 0.05) is 12.2 Å². The minimum absolute atomic E-state index is 0.135. The van der Waals surface area contributed by atoms with Crippen molar-refractivity contribution < 1.29 is 18.7 Å². The highest BCUT2D eigenvalue weighted by Gasteiger charge is 2.09. The van der Waals surface area contributed by atoms with Crippen LogP contribution in [0.2, 0.25) is 0 Å². The molecular formula is C22H20BrFN2O3. The first kappa shape index (κ1) is 20.7. The second kappa shape index (κ2) is 9.93. The molecule has 0 saturated carbocycles. The van der Waals surface area contributed by atoms with Gasteiger partial charge in [0.2, 0.25) is 0 Å². The van der Waals surface area contributed by atoms with Crippen LogP contribution in [0.3, 0.4) is 0 Å². The van der Waals surface area contributed by atoms with E-state index in [4.69, 9.17) is 9.47 Å². The molecule has 0 radical (unpaired) electrons. The minimum Gasteiger partial charge on any atom is -0.495 e. The van der Waals surface area contributed by atoms with Gasteiger partial charge in [-0.1, -0.05) is 18.2 Å². The second-order valence-electron chi connectivity index (χ2n) is 6.16. The van der Waals surface area contributed by atoms with E-state index in [9.17, 15) is 9.18 Å². The van der Waals surface area contributed by atoms with E-state index >= 15 is 0 Å².